The summed E-state index contributed by atoms with van der Waals surface area (Å²) in [6, 6.07) is 0. The second-order valence-corrected chi connectivity index (χ2v) is 20.9. The van der Waals surface area contributed by atoms with Gasteiger partial charge in [-0.25, -0.2) is 0 Å². The molecule has 0 aliphatic rings. The summed E-state index contributed by atoms with van der Waals surface area (Å²) >= 11 is 0. The fourth-order valence-corrected chi connectivity index (χ4v) is 8.91. The number of carbonyl (C=O) groups excluding carboxylic acids is 3. The van der Waals surface area contributed by atoms with Gasteiger partial charge in [0.25, 0.3) is 0 Å². The van der Waals surface area contributed by atoms with Gasteiger partial charge in [-0.2, -0.15) is 0 Å². The zero-order chi connectivity index (χ0) is 53.6. The Morgan fingerprint density at radius 1 is 0.284 bits per heavy atom. The summed E-state index contributed by atoms with van der Waals surface area (Å²) in [5.41, 5.74) is 0. The molecule has 0 aromatic rings. The van der Waals surface area contributed by atoms with Crippen LogP contribution in [0.5, 0.6) is 0 Å². The van der Waals surface area contributed by atoms with Crippen LogP contribution in [0.15, 0.2) is 85.1 Å². The van der Waals surface area contributed by atoms with E-state index >= 15 is 0 Å². The molecule has 6 nitrogen and oxygen atoms in total. The molecule has 0 fully saturated rings. The molecule has 0 aromatic heterocycles. The lowest BCUT2D eigenvalue weighted by Crippen LogP contribution is -2.30. The highest BCUT2D eigenvalue weighted by molar-refractivity contribution is 5.71. The molecule has 0 aliphatic carbocycles. The van der Waals surface area contributed by atoms with E-state index in [9.17, 15) is 14.4 Å². The van der Waals surface area contributed by atoms with Crippen molar-refractivity contribution < 1.29 is 28.6 Å². The predicted octanol–water partition coefficient (Wildman–Crippen LogP) is 21.5. The van der Waals surface area contributed by atoms with Crippen molar-refractivity contribution in [3.8, 4) is 0 Å². The summed E-state index contributed by atoms with van der Waals surface area (Å²) in [6.07, 6.45) is 81.7. The fraction of sp³-hybridized carbons (Fsp3) is 0.750. The lowest BCUT2D eigenvalue weighted by molar-refractivity contribution is -0.167. The lowest BCUT2D eigenvalue weighted by atomic mass is 10.0. The first-order valence-corrected chi connectivity index (χ1v) is 31.6. The molecule has 0 rings (SSSR count). The Balaban J connectivity index is 4.14. The zero-order valence-corrected chi connectivity index (χ0v) is 48.8. The van der Waals surface area contributed by atoms with E-state index in [0.29, 0.717) is 19.3 Å². The highest BCUT2D eigenvalue weighted by Gasteiger charge is 2.19. The molecule has 1 unspecified atom stereocenters. The number of allylic oxidation sites excluding steroid dienone is 14. The minimum Gasteiger partial charge on any atom is -0.462 e. The van der Waals surface area contributed by atoms with Crippen LogP contribution in [-0.2, 0) is 28.6 Å². The minimum absolute atomic E-state index is 0.0781. The predicted molar refractivity (Wildman–Crippen MR) is 321 cm³/mol. The second-order valence-electron chi connectivity index (χ2n) is 20.9. The number of carbonyl (C=O) groups is 3. The van der Waals surface area contributed by atoms with E-state index in [1.54, 1.807) is 0 Å². The summed E-state index contributed by atoms with van der Waals surface area (Å²) in [7, 11) is 0. The van der Waals surface area contributed by atoms with Gasteiger partial charge >= 0.3 is 17.9 Å². The van der Waals surface area contributed by atoms with E-state index in [2.05, 4.69) is 106 Å². The van der Waals surface area contributed by atoms with Gasteiger partial charge in [-0.05, 0) is 96.3 Å². The molecule has 0 heterocycles. The quantitative estimate of drug-likeness (QED) is 0.0261. The van der Waals surface area contributed by atoms with Crippen LogP contribution < -0.4 is 0 Å². The van der Waals surface area contributed by atoms with Crippen molar-refractivity contribution >= 4 is 17.9 Å². The van der Waals surface area contributed by atoms with Gasteiger partial charge in [-0.1, -0.05) is 279 Å². The molecule has 0 N–H and O–H groups in total. The van der Waals surface area contributed by atoms with Gasteiger partial charge < -0.3 is 14.2 Å². The summed E-state index contributed by atoms with van der Waals surface area (Å²) in [5.74, 6) is -0.883. The molecule has 0 saturated carbocycles. The average molecular weight is 1030 g/mol. The Labute approximate surface area is 458 Å². The summed E-state index contributed by atoms with van der Waals surface area (Å²) in [4.78, 5) is 38.1. The van der Waals surface area contributed by atoms with Crippen molar-refractivity contribution in [2.45, 2.75) is 316 Å². The third-order valence-corrected chi connectivity index (χ3v) is 13.6. The SMILES string of the molecule is CC/C=C\C/C=C\C/C=C\C/C=C\C/C=C\CCCCCCCCCCCCCCCCCC(=O)OCC(COC(=O)CCCCCCCCCCCC)OC(=O)CCCCCCC/C=C\C/C=C\CCCCC. The van der Waals surface area contributed by atoms with E-state index in [1.807, 2.05) is 0 Å². The molecule has 0 spiro atoms. The van der Waals surface area contributed by atoms with Gasteiger partial charge in [-0.15, -0.1) is 0 Å². The minimum atomic E-state index is -0.780. The number of ether oxygens (including phenoxy) is 3. The van der Waals surface area contributed by atoms with Crippen LogP contribution in [0.4, 0.5) is 0 Å². The van der Waals surface area contributed by atoms with Crippen LogP contribution in [-0.4, -0.2) is 37.2 Å². The van der Waals surface area contributed by atoms with Gasteiger partial charge in [0.15, 0.2) is 6.10 Å². The molecule has 0 radical (unpaired) electrons. The van der Waals surface area contributed by atoms with Crippen molar-refractivity contribution in [2.75, 3.05) is 13.2 Å². The van der Waals surface area contributed by atoms with E-state index < -0.39 is 6.10 Å². The first-order valence-electron chi connectivity index (χ1n) is 31.6. The highest BCUT2D eigenvalue weighted by atomic mass is 16.6. The first kappa shape index (κ1) is 70.6. The number of hydrogen-bond donors (Lipinski definition) is 0. The van der Waals surface area contributed by atoms with Crippen molar-refractivity contribution in [2.24, 2.45) is 0 Å². The second kappa shape index (κ2) is 62.1. The Morgan fingerprint density at radius 2 is 0.527 bits per heavy atom. The molecular weight excluding hydrogens is 913 g/mol. The van der Waals surface area contributed by atoms with Crippen molar-refractivity contribution in [1.82, 2.24) is 0 Å². The maximum absolute atomic E-state index is 12.8. The number of unbranched alkanes of at least 4 members (excludes halogenated alkanes) is 32. The Kier molecular flexibility index (Phi) is 59.3. The van der Waals surface area contributed by atoms with E-state index in [1.165, 1.54) is 154 Å². The Hall–Kier alpha value is -3.41. The van der Waals surface area contributed by atoms with Crippen molar-refractivity contribution in [3.63, 3.8) is 0 Å². The van der Waals surface area contributed by atoms with Gasteiger partial charge in [0, 0.05) is 19.3 Å². The zero-order valence-electron chi connectivity index (χ0n) is 48.8. The average Bonchev–Trinajstić information content (AvgIpc) is 3.40. The van der Waals surface area contributed by atoms with E-state index in [0.717, 1.165) is 116 Å². The van der Waals surface area contributed by atoms with Gasteiger partial charge in [-0.3, -0.25) is 14.4 Å². The largest absolute Gasteiger partial charge is 0.462 e. The lowest BCUT2D eigenvalue weighted by Gasteiger charge is -2.18. The van der Waals surface area contributed by atoms with Crippen LogP contribution in [0.2, 0.25) is 0 Å². The van der Waals surface area contributed by atoms with Gasteiger partial charge in [0.1, 0.15) is 13.2 Å². The summed E-state index contributed by atoms with van der Waals surface area (Å²) in [6.45, 7) is 6.50. The molecule has 0 amide bonds. The molecule has 1 atom stereocenters. The number of rotatable bonds is 57. The fourth-order valence-electron chi connectivity index (χ4n) is 8.91. The number of hydrogen-bond acceptors (Lipinski definition) is 6. The normalized spacial score (nSPS) is 12.6. The Morgan fingerprint density at radius 3 is 0.851 bits per heavy atom. The van der Waals surface area contributed by atoms with Crippen LogP contribution in [0, 0.1) is 0 Å². The van der Waals surface area contributed by atoms with Crippen LogP contribution in [0.1, 0.15) is 310 Å². The maximum atomic E-state index is 12.8. The topological polar surface area (TPSA) is 78.9 Å². The van der Waals surface area contributed by atoms with Crippen molar-refractivity contribution in [3.05, 3.63) is 85.1 Å². The standard InChI is InChI=1S/C68H118O6/c1-4-7-10-13-16-19-22-24-26-27-28-29-30-31-32-33-34-35-36-37-38-39-40-41-43-44-46-49-52-55-58-61-67(70)73-64-65(63-72-66(69)60-57-54-51-48-21-18-15-12-9-6-3)74-68(71)62-59-56-53-50-47-45-42-25-23-20-17-14-11-8-5-2/h7,10,16-17,19-20,24-26,28-29,31-32,42,65H,4-6,8-9,11-15,18,21-23,27,30,33-41,43-64H2,1-3H3/b10-7-,19-16-,20-17-,26-24-,29-28-,32-31-,42-25-. The Bertz CT molecular complexity index is 1420. The molecule has 426 valence electrons. The molecule has 0 aromatic carbocycles. The van der Waals surface area contributed by atoms with Crippen molar-refractivity contribution in [1.29, 1.82) is 0 Å². The first-order chi connectivity index (χ1) is 36.5. The molecule has 6 heteroatoms. The summed E-state index contributed by atoms with van der Waals surface area (Å²) < 4.78 is 16.9. The molecule has 74 heavy (non-hydrogen) atoms. The maximum Gasteiger partial charge on any atom is 0.306 e. The van der Waals surface area contributed by atoms with Crippen LogP contribution in [0.3, 0.4) is 0 Å². The summed E-state index contributed by atoms with van der Waals surface area (Å²) in [5, 5.41) is 0. The van der Waals surface area contributed by atoms with Crippen LogP contribution >= 0.6 is 0 Å². The third kappa shape index (κ3) is 59.5. The molecule has 0 bridgehead atoms. The van der Waals surface area contributed by atoms with Gasteiger partial charge in [0.2, 0.25) is 0 Å². The highest BCUT2D eigenvalue weighted by Crippen LogP contribution is 2.16. The van der Waals surface area contributed by atoms with E-state index in [-0.39, 0.29) is 31.1 Å². The van der Waals surface area contributed by atoms with Crippen LogP contribution in [0.25, 0.3) is 0 Å². The number of esters is 3. The smallest absolute Gasteiger partial charge is 0.306 e. The third-order valence-electron chi connectivity index (χ3n) is 13.6. The molecular formula is C68H118O6. The molecule has 0 aliphatic heterocycles. The van der Waals surface area contributed by atoms with Gasteiger partial charge in [0.05, 0.1) is 0 Å². The molecule has 0 saturated heterocycles. The monoisotopic (exact) mass is 1030 g/mol. The van der Waals surface area contributed by atoms with E-state index in [4.69, 9.17) is 14.2 Å².